The van der Waals surface area contributed by atoms with E-state index in [-0.39, 0.29) is 24.7 Å². The van der Waals surface area contributed by atoms with Gasteiger partial charge in [-0.15, -0.1) is 0 Å². The summed E-state index contributed by atoms with van der Waals surface area (Å²) < 4.78 is 6.70. The van der Waals surface area contributed by atoms with E-state index in [1.165, 1.54) is 23.8 Å². The lowest BCUT2D eigenvalue weighted by molar-refractivity contribution is -0.146. The Labute approximate surface area is 151 Å². The van der Waals surface area contributed by atoms with Crippen LogP contribution in [-0.2, 0) is 22.7 Å². The summed E-state index contributed by atoms with van der Waals surface area (Å²) in [7, 11) is 0. The van der Waals surface area contributed by atoms with E-state index in [0.29, 0.717) is 35.0 Å². The number of nitriles is 1. The summed E-state index contributed by atoms with van der Waals surface area (Å²) in [4.78, 5) is 29.3. The highest BCUT2D eigenvalue weighted by molar-refractivity contribution is 5.77. The minimum Gasteiger partial charge on any atom is -0.457 e. The molecule has 0 radical (unpaired) electrons. The van der Waals surface area contributed by atoms with Crippen molar-refractivity contribution in [2.45, 2.75) is 45.3 Å². The molecule has 0 amide bonds. The first kappa shape index (κ1) is 16.8. The summed E-state index contributed by atoms with van der Waals surface area (Å²) in [6.45, 7) is -0.197. The van der Waals surface area contributed by atoms with E-state index in [4.69, 9.17) is 10.00 Å². The second kappa shape index (κ2) is 6.91. The number of esters is 1. The van der Waals surface area contributed by atoms with Crippen molar-refractivity contribution in [1.29, 1.82) is 5.26 Å². The van der Waals surface area contributed by atoms with Gasteiger partial charge in [0.25, 0.3) is 5.56 Å². The standard InChI is InChI=1S/C20H21N3O3/c21-7-8-23-18(22-17-4-2-1-3-16(17)20(23)25)12-26-19(24)11-15-10-13-5-6-14(15)9-13/h1-4,13-15H,5-6,8-12H2/t13-,14+,15-/m0/s1. The van der Waals surface area contributed by atoms with E-state index in [9.17, 15) is 9.59 Å². The summed E-state index contributed by atoms with van der Waals surface area (Å²) >= 11 is 0. The highest BCUT2D eigenvalue weighted by Gasteiger charge is 2.40. The third-order valence-electron chi connectivity index (χ3n) is 5.85. The number of hydrogen-bond donors (Lipinski definition) is 0. The Balaban J connectivity index is 1.49. The Bertz CT molecular complexity index is 943. The molecule has 6 nitrogen and oxygen atoms in total. The van der Waals surface area contributed by atoms with Crippen LogP contribution in [-0.4, -0.2) is 15.5 Å². The molecule has 2 saturated carbocycles. The molecule has 2 aromatic rings. The van der Waals surface area contributed by atoms with Crippen molar-refractivity contribution < 1.29 is 9.53 Å². The normalized spacial score (nSPS) is 23.9. The van der Waals surface area contributed by atoms with Gasteiger partial charge in [-0.1, -0.05) is 18.6 Å². The predicted octanol–water partition coefficient (Wildman–Crippen LogP) is 2.79. The minimum atomic E-state index is -0.281. The van der Waals surface area contributed by atoms with E-state index in [2.05, 4.69) is 4.98 Å². The van der Waals surface area contributed by atoms with E-state index < -0.39 is 0 Å². The second-order valence-corrected chi connectivity index (χ2v) is 7.39. The van der Waals surface area contributed by atoms with Crippen molar-refractivity contribution in [2.75, 3.05) is 0 Å². The molecule has 1 heterocycles. The first-order valence-electron chi connectivity index (χ1n) is 9.16. The van der Waals surface area contributed by atoms with Gasteiger partial charge in [0.05, 0.1) is 17.0 Å². The Morgan fingerprint density at radius 1 is 1.31 bits per heavy atom. The number of rotatable bonds is 5. The van der Waals surface area contributed by atoms with Gasteiger partial charge in [0.15, 0.2) is 5.82 Å². The van der Waals surface area contributed by atoms with Crippen LogP contribution in [0.3, 0.4) is 0 Å². The number of aromatic nitrogens is 2. The van der Waals surface area contributed by atoms with Crippen molar-refractivity contribution in [3.8, 4) is 6.07 Å². The number of carbonyl (C=O) groups is 1. The van der Waals surface area contributed by atoms with Gasteiger partial charge in [0.1, 0.15) is 13.2 Å². The first-order chi connectivity index (χ1) is 12.7. The second-order valence-electron chi connectivity index (χ2n) is 7.39. The number of benzene rings is 1. The molecule has 2 aliphatic carbocycles. The lowest BCUT2D eigenvalue weighted by Crippen LogP contribution is -2.26. The summed E-state index contributed by atoms with van der Waals surface area (Å²) in [6, 6.07) is 8.97. The Morgan fingerprint density at radius 3 is 2.88 bits per heavy atom. The Hall–Kier alpha value is -2.68. The molecule has 4 rings (SSSR count). The van der Waals surface area contributed by atoms with Gasteiger partial charge in [-0.2, -0.15) is 5.26 Å². The van der Waals surface area contributed by atoms with E-state index in [0.717, 1.165) is 12.3 Å². The third kappa shape index (κ3) is 3.10. The van der Waals surface area contributed by atoms with Crippen LogP contribution >= 0.6 is 0 Å². The third-order valence-corrected chi connectivity index (χ3v) is 5.85. The van der Waals surface area contributed by atoms with Gasteiger partial charge in [0, 0.05) is 6.42 Å². The first-order valence-corrected chi connectivity index (χ1v) is 9.16. The molecule has 26 heavy (non-hydrogen) atoms. The number of para-hydroxylation sites is 1. The molecule has 1 aromatic carbocycles. The molecule has 2 fully saturated rings. The van der Waals surface area contributed by atoms with Crippen LogP contribution in [0.5, 0.6) is 0 Å². The van der Waals surface area contributed by atoms with E-state index in [1.54, 1.807) is 24.3 Å². The molecule has 0 aliphatic heterocycles. The summed E-state index contributed by atoms with van der Waals surface area (Å²) in [5.74, 6) is 1.97. The summed E-state index contributed by atoms with van der Waals surface area (Å²) in [5.41, 5.74) is 0.266. The van der Waals surface area contributed by atoms with Crippen molar-refractivity contribution in [3.05, 3.63) is 40.4 Å². The molecular formula is C20H21N3O3. The molecule has 6 heteroatoms. The maximum absolute atomic E-state index is 12.6. The van der Waals surface area contributed by atoms with Gasteiger partial charge in [-0.05, 0) is 49.1 Å². The van der Waals surface area contributed by atoms with Gasteiger partial charge < -0.3 is 4.74 Å². The molecule has 134 valence electrons. The maximum atomic E-state index is 12.6. The Morgan fingerprint density at radius 2 is 2.15 bits per heavy atom. The lowest BCUT2D eigenvalue weighted by atomic mass is 9.86. The van der Waals surface area contributed by atoms with Crippen LogP contribution in [0.4, 0.5) is 0 Å². The van der Waals surface area contributed by atoms with Crippen molar-refractivity contribution in [2.24, 2.45) is 17.8 Å². The molecular weight excluding hydrogens is 330 g/mol. The number of carbonyl (C=O) groups excluding carboxylic acids is 1. The molecule has 2 bridgehead atoms. The van der Waals surface area contributed by atoms with Gasteiger partial charge >= 0.3 is 5.97 Å². The molecule has 0 unspecified atom stereocenters. The van der Waals surface area contributed by atoms with E-state index in [1.807, 2.05) is 6.07 Å². The molecule has 0 saturated heterocycles. The van der Waals surface area contributed by atoms with Crippen LogP contribution in [0.15, 0.2) is 29.1 Å². The summed E-state index contributed by atoms with van der Waals surface area (Å²) in [5, 5.41) is 9.48. The molecule has 0 spiro atoms. The highest BCUT2D eigenvalue weighted by atomic mass is 16.5. The fraction of sp³-hybridized carbons (Fsp3) is 0.500. The average molecular weight is 351 g/mol. The van der Waals surface area contributed by atoms with Gasteiger partial charge in [-0.3, -0.25) is 14.2 Å². The van der Waals surface area contributed by atoms with Crippen LogP contribution in [0, 0.1) is 29.1 Å². The number of nitrogens with zero attached hydrogens (tertiary/aromatic N) is 3. The van der Waals surface area contributed by atoms with Crippen LogP contribution in [0.25, 0.3) is 10.9 Å². The zero-order valence-electron chi connectivity index (χ0n) is 14.6. The lowest BCUT2D eigenvalue weighted by Gasteiger charge is -2.20. The van der Waals surface area contributed by atoms with Crippen LogP contribution in [0.1, 0.15) is 37.9 Å². The average Bonchev–Trinajstić information content (AvgIpc) is 3.26. The smallest absolute Gasteiger partial charge is 0.306 e. The summed E-state index contributed by atoms with van der Waals surface area (Å²) in [6.07, 6.45) is 5.37. The quantitative estimate of drug-likeness (QED) is 0.773. The van der Waals surface area contributed by atoms with Crippen LogP contribution in [0.2, 0.25) is 0 Å². The number of ether oxygens (including phenoxy) is 1. The molecule has 3 atom stereocenters. The molecule has 1 aromatic heterocycles. The molecule has 2 aliphatic rings. The number of fused-ring (bicyclic) bond motifs is 3. The fourth-order valence-corrected chi connectivity index (χ4v) is 4.60. The monoisotopic (exact) mass is 351 g/mol. The Kier molecular flexibility index (Phi) is 4.46. The van der Waals surface area contributed by atoms with E-state index >= 15 is 0 Å². The fourth-order valence-electron chi connectivity index (χ4n) is 4.60. The van der Waals surface area contributed by atoms with Crippen molar-refractivity contribution in [3.63, 3.8) is 0 Å². The number of hydrogen-bond acceptors (Lipinski definition) is 5. The topological polar surface area (TPSA) is 85.0 Å². The van der Waals surface area contributed by atoms with Gasteiger partial charge in [-0.25, -0.2) is 4.98 Å². The minimum absolute atomic E-state index is 0.0819. The SMILES string of the molecule is N#CCn1c(COC(=O)C[C@@H]2C[C@H]3CC[C@@H]2C3)nc2ccccc2c1=O. The zero-order valence-corrected chi connectivity index (χ0v) is 14.6. The maximum Gasteiger partial charge on any atom is 0.306 e. The van der Waals surface area contributed by atoms with Crippen LogP contribution < -0.4 is 5.56 Å². The van der Waals surface area contributed by atoms with Crippen molar-refractivity contribution in [1.82, 2.24) is 9.55 Å². The zero-order chi connectivity index (χ0) is 18.1. The largest absolute Gasteiger partial charge is 0.457 e. The van der Waals surface area contributed by atoms with Gasteiger partial charge in [0.2, 0.25) is 0 Å². The highest BCUT2D eigenvalue weighted by Crippen LogP contribution is 2.49. The molecule has 0 N–H and O–H groups in total. The predicted molar refractivity (Wildman–Crippen MR) is 95.0 cm³/mol. The van der Waals surface area contributed by atoms with Crippen molar-refractivity contribution >= 4 is 16.9 Å².